The van der Waals surface area contributed by atoms with E-state index >= 15 is 0 Å². The molecule has 1 unspecified atom stereocenters. The molecule has 0 bridgehead atoms. The van der Waals surface area contributed by atoms with Crippen LogP contribution < -0.4 is 5.32 Å². The van der Waals surface area contributed by atoms with E-state index in [1.54, 1.807) is 6.07 Å². The normalized spacial score (nSPS) is 20.2. The van der Waals surface area contributed by atoms with Gasteiger partial charge in [0.25, 0.3) is 5.91 Å². The van der Waals surface area contributed by atoms with Crippen molar-refractivity contribution in [3.05, 3.63) is 50.9 Å². The second-order valence-corrected chi connectivity index (χ2v) is 6.42. The van der Waals surface area contributed by atoms with Crippen molar-refractivity contribution in [3.63, 3.8) is 0 Å². The molecular weight excluding hydrogens is 317 g/mol. The van der Waals surface area contributed by atoms with Crippen LogP contribution in [0.5, 0.6) is 0 Å². The summed E-state index contributed by atoms with van der Waals surface area (Å²) in [5, 5.41) is 13.0. The van der Waals surface area contributed by atoms with Gasteiger partial charge in [0, 0.05) is 11.3 Å². The van der Waals surface area contributed by atoms with Gasteiger partial charge in [0.2, 0.25) is 0 Å². The highest BCUT2D eigenvalue weighted by molar-refractivity contribution is 7.18. The Morgan fingerprint density at radius 2 is 2.14 bits per heavy atom. The molecule has 1 aromatic heterocycles. The Bertz CT molecular complexity index is 760. The SMILES string of the molecule is O=C(CC1(O)C(=O)Nc2ccc(F)cc21)c1ccc(Cl)s1. The van der Waals surface area contributed by atoms with Crippen LogP contribution in [-0.2, 0) is 10.4 Å². The molecule has 7 heteroatoms. The van der Waals surface area contributed by atoms with Crippen LogP contribution in [0.1, 0.15) is 21.7 Å². The molecule has 1 aliphatic heterocycles. The molecular formula is C14H9ClFNO3S. The lowest BCUT2D eigenvalue weighted by molar-refractivity contribution is -0.133. The molecule has 1 aliphatic rings. The fourth-order valence-electron chi connectivity index (χ4n) is 2.27. The Hall–Kier alpha value is -1.76. The molecule has 1 aromatic carbocycles. The van der Waals surface area contributed by atoms with Crippen molar-refractivity contribution in [2.75, 3.05) is 5.32 Å². The Labute approximate surface area is 128 Å². The Morgan fingerprint density at radius 1 is 1.38 bits per heavy atom. The average Bonchev–Trinajstić information content (AvgIpc) is 2.95. The van der Waals surface area contributed by atoms with Gasteiger partial charge >= 0.3 is 0 Å². The molecule has 2 aromatic rings. The molecule has 0 saturated carbocycles. The molecule has 108 valence electrons. The third kappa shape index (κ3) is 2.35. The van der Waals surface area contributed by atoms with E-state index in [-0.39, 0.29) is 5.56 Å². The fraction of sp³-hybridized carbons (Fsp3) is 0.143. The molecule has 2 heterocycles. The van der Waals surface area contributed by atoms with Crippen LogP contribution in [0.25, 0.3) is 0 Å². The van der Waals surface area contributed by atoms with E-state index in [1.165, 1.54) is 18.2 Å². The summed E-state index contributed by atoms with van der Waals surface area (Å²) in [4.78, 5) is 24.5. The van der Waals surface area contributed by atoms with Gasteiger partial charge < -0.3 is 10.4 Å². The summed E-state index contributed by atoms with van der Waals surface area (Å²) in [6.07, 6.45) is -0.466. The first-order valence-corrected chi connectivity index (χ1v) is 7.22. The Kier molecular flexibility index (Phi) is 3.32. The van der Waals surface area contributed by atoms with E-state index in [9.17, 15) is 19.1 Å². The molecule has 4 nitrogen and oxygen atoms in total. The number of fused-ring (bicyclic) bond motifs is 1. The van der Waals surface area contributed by atoms with Gasteiger partial charge in [-0.05, 0) is 30.3 Å². The first-order chi connectivity index (χ1) is 9.90. The first kappa shape index (κ1) is 14.2. The predicted octanol–water partition coefficient (Wildman–Crippen LogP) is 2.95. The number of ketones is 1. The largest absolute Gasteiger partial charge is 0.375 e. The fourth-order valence-corrected chi connectivity index (χ4v) is 3.26. The standard InChI is InChI=1S/C14H9ClFNO3S/c15-12-4-3-11(21-12)10(18)6-14(20)8-5-7(16)1-2-9(8)17-13(14)19/h1-5,20H,6H2,(H,17,19). The third-order valence-corrected chi connectivity index (χ3v) is 4.59. The number of hydrogen-bond acceptors (Lipinski definition) is 4. The number of benzene rings is 1. The molecule has 0 radical (unpaired) electrons. The van der Waals surface area contributed by atoms with Gasteiger partial charge in [0.1, 0.15) is 5.82 Å². The minimum absolute atomic E-state index is 0.0727. The monoisotopic (exact) mass is 325 g/mol. The summed E-state index contributed by atoms with van der Waals surface area (Å²) >= 11 is 6.82. The van der Waals surface area contributed by atoms with Gasteiger partial charge in [-0.15, -0.1) is 11.3 Å². The number of rotatable bonds is 3. The van der Waals surface area contributed by atoms with Gasteiger partial charge in [-0.1, -0.05) is 11.6 Å². The van der Waals surface area contributed by atoms with Gasteiger partial charge in [0.15, 0.2) is 11.4 Å². The topological polar surface area (TPSA) is 66.4 Å². The summed E-state index contributed by atoms with van der Waals surface area (Å²) in [5.41, 5.74) is -1.69. The van der Waals surface area contributed by atoms with E-state index in [0.717, 1.165) is 17.4 Å². The number of amides is 1. The number of thiophene rings is 1. The summed E-state index contributed by atoms with van der Waals surface area (Å²) in [6, 6.07) is 6.67. The van der Waals surface area contributed by atoms with Crippen molar-refractivity contribution >= 4 is 40.3 Å². The molecule has 0 fully saturated rings. The maximum absolute atomic E-state index is 13.3. The van der Waals surface area contributed by atoms with E-state index in [1.807, 2.05) is 0 Å². The highest BCUT2D eigenvalue weighted by Crippen LogP contribution is 2.40. The minimum Gasteiger partial charge on any atom is -0.375 e. The van der Waals surface area contributed by atoms with Crippen LogP contribution in [0.3, 0.4) is 0 Å². The molecule has 0 aliphatic carbocycles. The summed E-state index contributed by atoms with van der Waals surface area (Å²) in [7, 11) is 0. The van der Waals surface area contributed by atoms with E-state index < -0.39 is 29.5 Å². The zero-order valence-corrected chi connectivity index (χ0v) is 12.1. The van der Waals surface area contributed by atoms with Crippen LogP contribution in [0.15, 0.2) is 30.3 Å². The summed E-state index contributed by atoms with van der Waals surface area (Å²) in [5.74, 6) is -1.75. The third-order valence-electron chi connectivity index (χ3n) is 3.32. The van der Waals surface area contributed by atoms with Crippen LogP contribution in [-0.4, -0.2) is 16.8 Å². The number of carbonyl (C=O) groups is 2. The first-order valence-electron chi connectivity index (χ1n) is 6.02. The maximum Gasteiger partial charge on any atom is 0.261 e. The van der Waals surface area contributed by atoms with Crippen LogP contribution in [0.2, 0.25) is 4.34 Å². The molecule has 21 heavy (non-hydrogen) atoms. The number of aliphatic hydroxyl groups is 1. The molecule has 0 saturated heterocycles. The summed E-state index contributed by atoms with van der Waals surface area (Å²) in [6.45, 7) is 0. The van der Waals surface area contributed by atoms with Crippen LogP contribution >= 0.6 is 22.9 Å². The maximum atomic E-state index is 13.3. The van der Waals surface area contributed by atoms with Crippen molar-refractivity contribution in [2.45, 2.75) is 12.0 Å². The zero-order chi connectivity index (χ0) is 15.2. The van der Waals surface area contributed by atoms with Crippen LogP contribution in [0.4, 0.5) is 10.1 Å². The predicted molar refractivity (Wildman–Crippen MR) is 77.2 cm³/mol. The molecule has 2 N–H and O–H groups in total. The van der Waals surface area contributed by atoms with Crippen molar-refractivity contribution in [3.8, 4) is 0 Å². The quantitative estimate of drug-likeness (QED) is 0.853. The number of nitrogens with one attached hydrogen (secondary N) is 1. The zero-order valence-electron chi connectivity index (χ0n) is 10.5. The summed E-state index contributed by atoms with van der Waals surface area (Å²) < 4.78 is 13.8. The lowest BCUT2D eigenvalue weighted by Gasteiger charge is -2.19. The minimum atomic E-state index is -2.06. The van der Waals surface area contributed by atoms with E-state index in [4.69, 9.17) is 11.6 Å². The second-order valence-electron chi connectivity index (χ2n) is 4.71. The average molecular weight is 326 g/mol. The van der Waals surface area contributed by atoms with Crippen molar-refractivity contribution in [1.29, 1.82) is 0 Å². The highest BCUT2D eigenvalue weighted by Gasteiger charge is 2.47. The van der Waals surface area contributed by atoms with Gasteiger partial charge in [0.05, 0.1) is 15.6 Å². The lowest BCUT2D eigenvalue weighted by Crippen LogP contribution is -2.36. The molecule has 1 atom stereocenters. The van der Waals surface area contributed by atoms with Crippen molar-refractivity contribution in [1.82, 2.24) is 0 Å². The molecule has 0 spiro atoms. The van der Waals surface area contributed by atoms with E-state index in [2.05, 4.69) is 5.32 Å². The number of carbonyl (C=O) groups excluding carboxylic acids is 2. The van der Waals surface area contributed by atoms with Crippen molar-refractivity contribution < 1.29 is 19.1 Å². The van der Waals surface area contributed by atoms with Gasteiger partial charge in [-0.2, -0.15) is 0 Å². The number of anilines is 1. The second kappa shape index (κ2) is 4.91. The van der Waals surface area contributed by atoms with Gasteiger partial charge in [-0.25, -0.2) is 4.39 Å². The highest BCUT2D eigenvalue weighted by atomic mass is 35.5. The molecule has 3 rings (SSSR count). The number of Topliss-reactive ketones (excluding diaryl/α,β-unsaturated/α-hetero) is 1. The van der Waals surface area contributed by atoms with Gasteiger partial charge in [-0.3, -0.25) is 9.59 Å². The number of halogens is 2. The molecule has 1 amide bonds. The Morgan fingerprint density at radius 3 is 2.81 bits per heavy atom. The smallest absolute Gasteiger partial charge is 0.261 e. The van der Waals surface area contributed by atoms with E-state index in [0.29, 0.717) is 14.9 Å². The Balaban J connectivity index is 1.96. The van der Waals surface area contributed by atoms with Crippen molar-refractivity contribution in [2.24, 2.45) is 0 Å². The number of hydrogen-bond donors (Lipinski definition) is 2. The lowest BCUT2D eigenvalue weighted by atomic mass is 9.89. The van der Waals surface area contributed by atoms with Crippen LogP contribution in [0, 0.1) is 5.82 Å².